The van der Waals surface area contributed by atoms with E-state index in [4.69, 9.17) is 0 Å². The summed E-state index contributed by atoms with van der Waals surface area (Å²) in [5.41, 5.74) is 4.03. The molecule has 2 aliphatic rings. The molecule has 0 saturated carbocycles. The average Bonchev–Trinajstić information content (AvgIpc) is 2.76. The van der Waals surface area contributed by atoms with E-state index in [1.54, 1.807) is 11.9 Å². The molecule has 0 spiro atoms. The second-order valence-electron chi connectivity index (χ2n) is 4.22. The summed E-state index contributed by atoms with van der Waals surface area (Å²) >= 11 is 1.80. The number of allylic oxidation sites excluding steroid dienone is 5. The summed E-state index contributed by atoms with van der Waals surface area (Å²) in [4.78, 5) is 2.35. The Morgan fingerprint density at radius 2 is 2.06 bits per heavy atom. The van der Waals surface area contributed by atoms with Gasteiger partial charge in [0.05, 0.1) is 5.70 Å². The summed E-state index contributed by atoms with van der Waals surface area (Å²) in [5, 5.41) is 3.26. The van der Waals surface area contributed by atoms with Crippen LogP contribution in [0.5, 0.6) is 0 Å². The van der Waals surface area contributed by atoms with Gasteiger partial charge in [0.15, 0.2) is 0 Å². The van der Waals surface area contributed by atoms with Crippen LogP contribution < -0.4 is 5.32 Å². The predicted octanol–water partition coefficient (Wildman–Crippen LogP) is 3.39. The molecule has 0 aromatic rings. The molecule has 1 N–H and O–H groups in total. The normalized spacial score (nSPS) is 21.2. The molecule has 2 heterocycles. The minimum Gasteiger partial charge on any atom is -0.361 e. The van der Waals surface area contributed by atoms with Crippen LogP contribution in [0.1, 0.15) is 26.7 Å². The van der Waals surface area contributed by atoms with Crippen molar-refractivity contribution in [3.63, 3.8) is 0 Å². The zero-order valence-corrected chi connectivity index (χ0v) is 12.1. The van der Waals surface area contributed by atoms with Crippen molar-refractivity contribution >= 4 is 11.9 Å². The number of rotatable bonds is 4. The molecule has 18 heavy (non-hydrogen) atoms. The van der Waals surface area contributed by atoms with E-state index in [1.165, 1.54) is 11.4 Å². The molecule has 0 bridgehead atoms. The van der Waals surface area contributed by atoms with Crippen molar-refractivity contribution in [3.8, 4) is 0 Å². The zero-order valence-electron chi connectivity index (χ0n) is 11.3. The first-order valence-electron chi connectivity index (χ1n) is 6.42. The molecule has 0 atom stereocenters. The van der Waals surface area contributed by atoms with Gasteiger partial charge < -0.3 is 10.2 Å². The third-order valence-electron chi connectivity index (χ3n) is 3.18. The molecule has 0 unspecified atom stereocenters. The Kier molecular flexibility index (Phi) is 4.42. The van der Waals surface area contributed by atoms with Crippen LogP contribution in [0.4, 0.5) is 0 Å². The lowest BCUT2D eigenvalue weighted by atomic mass is 10.2. The summed E-state index contributed by atoms with van der Waals surface area (Å²) in [6.45, 7) is 5.40. The van der Waals surface area contributed by atoms with Crippen LogP contribution >= 0.6 is 11.9 Å². The molecule has 0 radical (unpaired) electrons. The Hall–Kier alpha value is -1.29. The van der Waals surface area contributed by atoms with E-state index >= 15 is 0 Å². The number of nitrogens with one attached hydrogen (secondary N) is 1. The standard InChI is InChI=1S/C14H21N3S/c1-4-13-14(5-2)17(18-3)11-16(13)10-12-8-6-7-9-15-12/h6-10,15H,4-5,11H2,1-3H3/b12-10-. The number of dihydropyridines is 1. The Labute approximate surface area is 114 Å². The van der Waals surface area contributed by atoms with Crippen LogP contribution in [-0.4, -0.2) is 22.1 Å². The maximum Gasteiger partial charge on any atom is 0.105 e. The summed E-state index contributed by atoms with van der Waals surface area (Å²) in [6.07, 6.45) is 14.6. The average molecular weight is 263 g/mol. The second kappa shape index (κ2) is 6.05. The Balaban J connectivity index is 2.21. The molecule has 2 aliphatic heterocycles. The van der Waals surface area contributed by atoms with Crippen molar-refractivity contribution in [1.29, 1.82) is 0 Å². The topological polar surface area (TPSA) is 18.5 Å². The van der Waals surface area contributed by atoms with E-state index < -0.39 is 0 Å². The lowest BCUT2D eigenvalue weighted by molar-refractivity contribution is 0.409. The largest absolute Gasteiger partial charge is 0.361 e. The summed E-state index contributed by atoms with van der Waals surface area (Å²) in [6, 6.07) is 0. The lowest BCUT2D eigenvalue weighted by Crippen LogP contribution is -2.21. The fourth-order valence-electron chi connectivity index (χ4n) is 2.35. The predicted molar refractivity (Wildman–Crippen MR) is 79.2 cm³/mol. The van der Waals surface area contributed by atoms with E-state index in [1.807, 2.05) is 12.3 Å². The Morgan fingerprint density at radius 3 is 2.61 bits per heavy atom. The van der Waals surface area contributed by atoms with E-state index in [0.717, 1.165) is 25.2 Å². The minimum absolute atomic E-state index is 0.941. The number of nitrogens with zero attached hydrogens (tertiary/aromatic N) is 2. The SMILES string of the molecule is CCC1=C(CC)N(SC)CN1/C=C1/C=CC=CN1. The van der Waals surface area contributed by atoms with Gasteiger partial charge in [0.1, 0.15) is 6.67 Å². The summed E-state index contributed by atoms with van der Waals surface area (Å²) in [5.74, 6) is 0. The van der Waals surface area contributed by atoms with Crippen LogP contribution in [0.2, 0.25) is 0 Å². The van der Waals surface area contributed by atoms with Crippen LogP contribution in [0.25, 0.3) is 0 Å². The third kappa shape index (κ3) is 2.58. The van der Waals surface area contributed by atoms with Crippen LogP contribution in [0.15, 0.2) is 47.7 Å². The maximum atomic E-state index is 3.26. The van der Waals surface area contributed by atoms with Gasteiger partial charge in [-0.1, -0.05) is 31.9 Å². The fraction of sp³-hybridized carbons (Fsp3) is 0.429. The van der Waals surface area contributed by atoms with Crippen molar-refractivity contribution < 1.29 is 0 Å². The van der Waals surface area contributed by atoms with E-state index in [9.17, 15) is 0 Å². The number of hydrogen-bond donors (Lipinski definition) is 1. The van der Waals surface area contributed by atoms with Crippen molar-refractivity contribution in [2.24, 2.45) is 0 Å². The van der Waals surface area contributed by atoms with Gasteiger partial charge in [-0.25, -0.2) is 0 Å². The van der Waals surface area contributed by atoms with Crippen LogP contribution in [0.3, 0.4) is 0 Å². The van der Waals surface area contributed by atoms with Gasteiger partial charge in [0.25, 0.3) is 0 Å². The molecule has 0 aromatic carbocycles. The molecule has 0 aliphatic carbocycles. The molecule has 0 amide bonds. The fourth-order valence-corrected chi connectivity index (χ4v) is 3.04. The first-order valence-corrected chi connectivity index (χ1v) is 7.60. The maximum absolute atomic E-state index is 3.26. The molecular weight excluding hydrogens is 242 g/mol. The summed E-state index contributed by atoms with van der Waals surface area (Å²) in [7, 11) is 0. The number of hydrogen-bond acceptors (Lipinski definition) is 4. The Morgan fingerprint density at radius 1 is 1.28 bits per heavy atom. The molecule has 3 nitrogen and oxygen atoms in total. The van der Waals surface area contributed by atoms with Gasteiger partial charge in [0.2, 0.25) is 0 Å². The van der Waals surface area contributed by atoms with Gasteiger partial charge >= 0.3 is 0 Å². The highest BCUT2D eigenvalue weighted by molar-refractivity contribution is 7.96. The monoisotopic (exact) mass is 263 g/mol. The molecule has 0 aromatic heterocycles. The van der Waals surface area contributed by atoms with Crippen LogP contribution in [0, 0.1) is 0 Å². The van der Waals surface area contributed by atoms with E-state index in [0.29, 0.717) is 0 Å². The Bertz CT molecular complexity index is 421. The first-order chi connectivity index (χ1) is 8.80. The van der Waals surface area contributed by atoms with Crippen molar-refractivity contribution in [3.05, 3.63) is 47.7 Å². The highest BCUT2D eigenvalue weighted by Gasteiger charge is 2.25. The summed E-state index contributed by atoms with van der Waals surface area (Å²) < 4.78 is 2.37. The first kappa shape index (κ1) is 13.1. The van der Waals surface area contributed by atoms with Gasteiger partial charge in [-0.2, -0.15) is 0 Å². The molecule has 2 rings (SSSR count). The molecular formula is C14H21N3S. The molecule has 0 saturated heterocycles. The highest BCUT2D eigenvalue weighted by atomic mass is 32.2. The third-order valence-corrected chi connectivity index (χ3v) is 3.96. The van der Waals surface area contributed by atoms with E-state index in [2.05, 4.69) is 53.0 Å². The minimum atomic E-state index is 0.941. The molecule has 98 valence electrons. The van der Waals surface area contributed by atoms with Gasteiger partial charge in [-0.3, -0.25) is 4.31 Å². The smallest absolute Gasteiger partial charge is 0.105 e. The van der Waals surface area contributed by atoms with Crippen LogP contribution in [-0.2, 0) is 0 Å². The lowest BCUT2D eigenvalue weighted by Gasteiger charge is -2.20. The highest BCUT2D eigenvalue weighted by Crippen LogP contribution is 2.32. The van der Waals surface area contributed by atoms with Gasteiger partial charge in [-0.05, 0) is 25.0 Å². The quantitative estimate of drug-likeness (QED) is 0.783. The van der Waals surface area contributed by atoms with Crippen molar-refractivity contribution in [1.82, 2.24) is 14.5 Å². The van der Waals surface area contributed by atoms with Crippen molar-refractivity contribution in [2.75, 3.05) is 12.9 Å². The molecule has 0 fully saturated rings. The molecule has 4 heteroatoms. The van der Waals surface area contributed by atoms with E-state index in [-0.39, 0.29) is 0 Å². The second-order valence-corrected chi connectivity index (χ2v) is 5.03. The van der Waals surface area contributed by atoms with Gasteiger partial charge in [0, 0.05) is 30.0 Å². The van der Waals surface area contributed by atoms with Crippen molar-refractivity contribution in [2.45, 2.75) is 26.7 Å². The van der Waals surface area contributed by atoms with Gasteiger partial charge in [-0.15, -0.1) is 0 Å². The zero-order chi connectivity index (χ0) is 13.0.